The Kier molecular flexibility index (Phi) is 2.23. The molecule has 0 N–H and O–H groups in total. The van der Waals surface area contributed by atoms with Crippen LogP contribution in [0, 0.1) is 5.82 Å². The van der Waals surface area contributed by atoms with E-state index in [1.54, 1.807) is 11.0 Å². The summed E-state index contributed by atoms with van der Waals surface area (Å²) in [5.74, 6) is -0.241. The molecule has 1 aromatic carbocycles. The lowest BCUT2D eigenvalue weighted by Gasteiger charge is -2.27. The molecule has 2 rings (SSSR count). The molecule has 0 aliphatic carbocycles. The zero-order chi connectivity index (χ0) is 10.1. The van der Waals surface area contributed by atoms with Gasteiger partial charge in [0.05, 0.1) is 0 Å². The third-order valence-corrected chi connectivity index (χ3v) is 2.62. The molecule has 3 heteroatoms. The lowest BCUT2D eigenvalue weighted by Crippen LogP contribution is -2.37. The van der Waals surface area contributed by atoms with Crippen LogP contribution in [0.15, 0.2) is 18.2 Å². The number of fused-ring (bicyclic) bond motifs is 1. The number of carbonyl (C=O) groups excluding carboxylic acids is 1. The Hall–Kier alpha value is -1.38. The number of carbonyl (C=O) groups is 1. The van der Waals surface area contributed by atoms with Crippen molar-refractivity contribution in [2.24, 2.45) is 0 Å². The Balaban J connectivity index is 2.41. The first-order chi connectivity index (χ1) is 6.72. The molecule has 1 amide bonds. The van der Waals surface area contributed by atoms with E-state index in [-0.39, 0.29) is 11.7 Å². The van der Waals surface area contributed by atoms with Crippen LogP contribution in [0.3, 0.4) is 0 Å². The molecular weight excluding hydrogens is 181 g/mol. The number of nitrogens with zero attached hydrogens (tertiary/aromatic N) is 1. The summed E-state index contributed by atoms with van der Waals surface area (Å²) >= 11 is 0. The van der Waals surface area contributed by atoms with Gasteiger partial charge in [0.15, 0.2) is 0 Å². The van der Waals surface area contributed by atoms with Crippen LogP contribution in [-0.2, 0) is 6.42 Å². The van der Waals surface area contributed by atoms with Crippen molar-refractivity contribution in [1.29, 1.82) is 0 Å². The highest BCUT2D eigenvalue weighted by Gasteiger charge is 2.22. The highest BCUT2D eigenvalue weighted by atomic mass is 19.1. The lowest BCUT2D eigenvalue weighted by atomic mass is 9.99. The minimum Gasteiger partial charge on any atom is -0.339 e. The van der Waals surface area contributed by atoms with Crippen molar-refractivity contribution in [2.75, 3.05) is 13.1 Å². The molecular formula is C11H12FNO. The molecule has 0 bridgehead atoms. The summed E-state index contributed by atoms with van der Waals surface area (Å²) in [7, 11) is 0. The first-order valence-corrected chi connectivity index (χ1v) is 4.80. The zero-order valence-corrected chi connectivity index (χ0v) is 8.09. The maximum atomic E-state index is 12.9. The molecule has 1 aromatic rings. The summed E-state index contributed by atoms with van der Waals surface area (Å²) in [6.07, 6.45) is 0.757. The molecule has 0 fully saturated rings. The van der Waals surface area contributed by atoms with Crippen LogP contribution in [0.4, 0.5) is 4.39 Å². The van der Waals surface area contributed by atoms with Crippen molar-refractivity contribution in [3.63, 3.8) is 0 Å². The quantitative estimate of drug-likeness (QED) is 0.666. The normalized spacial score (nSPS) is 15.6. The predicted molar refractivity (Wildman–Crippen MR) is 51.7 cm³/mol. The first-order valence-electron chi connectivity index (χ1n) is 4.80. The van der Waals surface area contributed by atoms with E-state index in [9.17, 15) is 9.18 Å². The summed E-state index contributed by atoms with van der Waals surface area (Å²) in [6.45, 7) is 3.37. The van der Waals surface area contributed by atoms with Gasteiger partial charge in [-0.3, -0.25) is 4.79 Å². The van der Waals surface area contributed by atoms with Crippen molar-refractivity contribution in [3.8, 4) is 0 Å². The summed E-state index contributed by atoms with van der Waals surface area (Å²) in [6, 6.07) is 4.38. The van der Waals surface area contributed by atoms with E-state index in [1.807, 2.05) is 6.92 Å². The van der Waals surface area contributed by atoms with Gasteiger partial charge in [0.1, 0.15) is 5.82 Å². The van der Waals surface area contributed by atoms with E-state index in [4.69, 9.17) is 0 Å². The number of rotatable bonds is 1. The van der Waals surface area contributed by atoms with Crippen molar-refractivity contribution >= 4 is 5.91 Å². The third-order valence-electron chi connectivity index (χ3n) is 2.62. The van der Waals surface area contributed by atoms with Crippen molar-refractivity contribution < 1.29 is 9.18 Å². The smallest absolute Gasteiger partial charge is 0.254 e. The van der Waals surface area contributed by atoms with E-state index in [1.165, 1.54) is 12.1 Å². The van der Waals surface area contributed by atoms with Crippen molar-refractivity contribution in [2.45, 2.75) is 13.3 Å². The minimum atomic E-state index is -0.263. The van der Waals surface area contributed by atoms with Gasteiger partial charge in [0, 0.05) is 18.7 Å². The van der Waals surface area contributed by atoms with E-state index in [2.05, 4.69) is 0 Å². The Morgan fingerprint density at radius 2 is 2.29 bits per heavy atom. The van der Waals surface area contributed by atoms with Gasteiger partial charge in [-0.2, -0.15) is 0 Å². The second-order valence-electron chi connectivity index (χ2n) is 3.44. The summed E-state index contributed by atoms with van der Waals surface area (Å²) in [5, 5.41) is 0. The topological polar surface area (TPSA) is 20.3 Å². The van der Waals surface area contributed by atoms with E-state index < -0.39 is 0 Å². The van der Waals surface area contributed by atoms with Gasteiger partial charge in [-0.1, -0.05) is 0 Å². The molecule has 14 heavy (non-hydrogen) atoms. The Morgan fingerprint density at radius 1 is 1.50 bits per heavy atom. The average molecular weight is 193 g/mol. The van der Waals surface area contributed by atoms with Gasteiger partial charge >= 0.3 is 0 Å². The molecule has 0 saturated heterocycles. The summed E-state index contributed by atoms with van der Waals surface area (Å²) in [4.78, 5) is 13.5. The fourth-order valence-electron chi connectivity index (χ4n) is 1.81. The van der Waals surface area contributed by atoms with Crippen LogP contribution < -0.4 is 0 Å². The molecule has 0 saturated carbocycles. The Morgan fingerprint density at radius 3 is 3.00 bits per heavy atom. The highest BCUT2D eigenvalue weighted by molar-refractivity contribution is 5.96. The first kappa shape index (κ1) is 9.19. The van der Waals surface area contributed by atoms with Gasteiger partial charge in [0.2, 0.25) is 0 Å². The fourth-order valence-corrected chi connectivity index (χ4v) is 1.81. The molecule has 0 aromatic heterocycles. The largest absolute Gasteiger partial charge is 0.339 e. The molecule has 0 unspecified atom stereocenters. The molecule has 1 aliphatic rings. The van der Waals surface area contributed by atoms with E-state index in [0.717, 1.165) is 18.5 Å². The molecule has 0 atom stereocenters. The molecule has 74 valence electrons. The standard InChI is InChI=1S/C11H12FNO/c1-2-13-6-5-8-7-9(12)3-4-10(8)11(13)14/h3-4,7H,2,5-6H2,1H3. The highest BCUT2D eigenvalue weighted by Crippen LogP contribution is 2.19. The zero-order valence-electron chi connectivity index (χ0n) is 8.09. The third kappa shape index (κ3) is 1.39. The van der Waals surface area contributed by atoms with Gasteiger partial charge in [0.25, 0.3) is 5.91 Å². The average Bonchev–Trinajstić information content (AvgIpc) is 2.18. The van der Waals surface area contributed by atoms with Crippen LogP contribution in [0.5, 0.6) is 0 Å². The number of hydrogen-bond donors (Lipinski definition) is 0. The minimum absolute atomic E-state index is 0.0220. The van der Waals surface area contributed by atoms with Crippen molar-refractivity contribution in [3.05, 3.63) is 35.1 Å². The maximum Gasteiger partial charge on any atom is 0.254 e. The van der Waals surface area contributed by atoms with Gasteiger partial charge in [-0.15, -0.1) is 0 Å². The summed E-state index contributed by atoms with van der Waals surface area (Å²) < 4.78 is 12.9. The number of amides is 1. The fraction of sp³-hybridized carbons (Fsp3) is 0.364. The molecule has 1 aliphatic heterocycles. The lowest BCUT2D eigenvalue weighted by molar-refractivity contribution is 0.0749. The Labute approximate surface area is 82.3 Å². The van der Waals surface area contributed by atoms with Gasteiger partial charge in [-0.25, -0.2) is 4.39 Å². The van der Waals surface area contributed by atoms with E-state index in [0.29, 0.717) is 12.1 Å². The van der Waals surface area contributed by atoms with Crippen LogP contribution >= 0.6 is 0 Å². The SMILES string of the molecule is CCN1CCc2cc(F)ccc2C1=O. The van der Waals surface area contributed by atoms with Crippen LogP contribution in [0.1, 0.15) is 22.8 Å². The molecule has 0 radical (unpaired) electrons. The monoisotopic (exact) mass is 193 g/mol. The number of halogens is 1. The maximum absolute atomic E-state index is 12.9. The van der Waals surface area contributed by atoms with Gasteiger partial charge in [-0.05, 0) is 37.1 Å². The number of benzene rings is 1. The molecule has 0 spiro atoms. The second kappa shape index (κ2) is 3.40. The van der Waals surface area contributed by atoms with Crippen LogP contribution in [0.2, 0.25) is 0 Å². The predicted octanol–water partition coefficient (Wildman–Crippen LogP) is 1.84. The van der Waals surface area contributed by atoms with Crippen LogP contribution in [-0.4, -0.2) is 23.9 Å². The second-order valence-corrected chi connectivity index (χ2v) is 3.44. The molecule has 2 nitrogen and oxygen atoms in total. The van der Waals surface area contributed by atoms with Crippen LogP contribution in [0.25, 0.3) is 0 Å². The number of hydrogen-bond acceptors (Lipinski definition) is 1. The molecule has 1 heterocycles. The van der Waals surface area contributed by atoms with Gasteiger partial charge < -0.3 is 4.90 Å². The van der Waals surface area contributed by atoms with E-state index >= 15 is 0 Å². The summed E-state index contributed by atoms with van der Waals surface area (Å²) in [5.41, 5.74) is 1.49. The number of likely N-dealkylation sites (N-methyl/N-ethyl adjacent to an activating group) is 1. The van der Waals surface area contributed by atoms with Crippen molar-refractivity contribution in [1.82, 2.24) is 4.90 Å². The Bertz CT molecular complexity index is 376.